The van der Waals surface area contributed by atoms with Gasteiger partial charge in [-0.1, -0.05) is 26.0 Å². The maximum atomic E-state index is 10.5. The summed E-state index contributed by atoms with van der Waals surface area (Å²) >= 11 is 1.86. The molecule has 94 valence electrons. The van der Waals surface area contributed by atoms with Crippen molar-refractivity contribution in [1.82, 2.24) is 0 Å². The fourth-order valence-electron chi connectivity index (χ4n) is 1.32. The van der Waals surface area contributed by atoms with E-state index in [0.29, 0.717) is 11.9 Å². The molecule has 4 heteroatoms. The van der Waals surface area contributed by atoms with Crippen LogP contribution >= 0.6 is 11.8 Å². The molecule has 1 rings (SSSR count). The summed E-state index contributed by atoms with van der Waals surface area (Å²) in [4.78, 5) is 10.5. The summed E-state index contributed by atoms with van der Waals surface area (Å²) in [6.45, 7) is 5.00. The highest BCUT2D eigenvalue weighted by atomic mass is 32.2. The van der Waals surface area contributed by atoms with Gasteiger partial charge in [0.25, 0.3) is 0 Å². The minimum absolute atomic E-state index is 0.0590. The molecule has 1 aromatic carbocycles. The van der Waals surface area contributed by atoms with E-state index in [1.54, 1.807) is 12.1 Å². The van der Waals surface area contributed by atoms with Crippen molar-refractivity contribution in [2.75, 3.05) is 12.4 Å². The van der Waals surface area contributed by atoms with Gasteiger partial charge in [0.15, 0.2) is 0 Å². The Balaban J connectivity index is 2.32. The normalized spacial score (nSPS) is 10.5. The van der Waals surface area contributed by atoms with Crippen LogP contribution in [0.1, 0.15) is 19.4 Å². The number of rotatable bonds is 7. The lowest BCUT2D eigenvalue weighted by Crippen LogP contribution is -2.03. The highest BCUT2D eigenvalue weighted by Gasteiger charge is 2.01. The summed E-state index contributed by atoms with van der Waals surface area (Å²) in [6, 6.07) is 7.22. The maximum absolute atomic E-state index is 10.5. The molecular weight excluding hydrogens is 236 g/mol. The molecule has 0 aliphatic carbocycles. The van der Waals surface area contributed by atoms with Crippen molar-refractivity contribution in [1.29, 1.82) is 0 Å². The monoisotopic (exact) mass is 254 g/mol. The predicted octanol–water partition coefficient (Wildman–Crippen LogP) is 2.83. The summed E-state index contributed by atoms with van der Waals surface area (Å²) in [7, 11) is 0. The van der Waals surface area contributed by atoms with E-state index in [9.17, 15) is 4.79 Å². The van der Waals surface area contributed by atoms with E-state index in [2.05, 4.69) is 13.8 Å². The molecule has 1 N–H and O–H groups in total. The van der Waals surface area contributed by atoms with Gasteiger partial charge < -0.3 is 9.84 Å². The van der Waals surface area contributed by atoms with Crippen molar-refractivity contribution in [3.8, 4) is 5.75 Å². The standard InChI is InChI=1S/C13H18O3S/c1-10(2)17-8-7-16-12-5-3-11(4-6-12)9-13(14)15/h3-6,10H,7-9H2,1-2H3,(H,14,15). The molecule has 0 aliphatic heterocycles. The van der Waals surface area contributed by atoms with Crippen molar-refractivity contribution >= 4 is 17.7 Å². The van der Waals surface area contributed by atoms with E-state index in [0.717, 1.165) is 17.1 Å². The van der Waals surface area contributed by atoms with Crippen LogP contribution in [0.5, 0.6) is 5.75 Å². The van der Waals surface area contributed by atoms with Crippen LogP contribution in [0, 0.1) is 0 Å². The minimum Gasteiger partial charge on any atom is -0.493 e. The summed E-state index contributed by atoms with van der Waals surface area (Å²) in [5, 5.41) is 9.25. The molecule has 0 aromatic heterocycles. The molecule has 0 spiro atoms. The lowest BCUT2D eigenvalue weighted by Gasteiger charge is -2.08. The number of hydrogen-bond acceptors (Lipinski definition) is 3. The quantitative estimate of drug-likeness (QED) is 0.760. The third-order valence-electron chi connectivity index (χ3n) is 2.08. The Labute approximate surface area is 106 Å². The van der Waals surface area contributed by atoms with Gasteiger partial charge in [-0.05, 0) is 22.9 Å². The topological polar surface area (TPSA) is 46.5 Å². The van der Waals surface area contributed by atoms with E-state index in [1.807, 2.05) is 23.9 Å². The molecule has 0 fully saturated rings. The number of aliphatic carboxylic acids is 1. The summed E-state index contributed by atoms with van der Waals surface area (Å²) in [5.74, 6) is 0.949. The lowest BCUT2D eigenvalue weighted by atomic mass is 10.1. The zero-order valence-corrected chi connectivity index (χ0v) is 11.0. The molecule has 0 amide bonds. The Kier molecular flexibility index (Phi) is 5.91. The third kappa shape index (κ3) is 6.22. The van der Waals surface area contributed by atoms with Crippen LogP contribution in [0.25, 0.3) is 0 Å². The fraction of sp³-hybridized carbons (Fsp3) is 0.462. The second-order valence-corrected chi connectivity index (χ2v) is 5.67. The van der Waals surface area contributed by atoms with E-state index in [1.165, 1.54) is 0 Å². The van der Waals surface area contributed by atoms with Crippen molar-refractivity contribution in [3.05, 3.63) is 29.8 Å². The van der Waals surface area contributed by atoms with Gasteiger partial charge >= 0.3 is 5.97 Å². The number of ether oxygens (including phenoxy) is 1. The number of hydrogen-bond donors (Lipinski definition) is 1. The highest BCUT2D eigenvalue weighted by Crippen LogP contribution is 2.14. The number of carboxylic acid groups (broad SMARTS) is 1. The fourth-order valence-corrected chi connectivity index (χ4v) is 1.97. The van der Waals surface area contributed by atoms with Crippen LogP contribution in [0.4, 0.5) is 0 Å². The van der Waals surface area contributed by atoms with Gasteiger partial charge in [0.05, 0.1) is 13.0 Å². The van der Waals surface area contributed by atoms with Gasteiger partial charge in [-0.2, -0.15) is 11.8 Å². The Morgan fingerprint density at radius 2 is 2.00 bits per heavy atom. The van der Waals surface area contributed by atoms with E-state index >= 15 is 0 Å². The van der Waals surface area contributed by atoms with Gasteiger partial charge in [-0.25, -0.2) is 0 Å². The first kappa shape index (κ1) is 13.9. The summed E-state index contributed by atoms with van der Waals surface area (Å²) < 4.78 is 5.55. The Morgan fingerprint density at radius 3 is 2.53 bits per heavy atom. The first-order chi connectivity index (χ1) is 8.08. The number of benzene rings is 1. The van der Waals surface area contributed by atoms with Crippen molar-refractivity contribution in [3.63, 3.8) is 0 Å². The van der Waals surface area contributed by atoms with Crippen LogP contribution < -0.4 is 4.74 Å². The average molecular weight is 254 g/mol. The molecule has 0 saturated heterocycles. The Bertz CT molecular complexity index is 346. The SMILES string of the molecule is CC(C)SCCOc1ccc(CC(=O)O)cc1. The van der Waals surface area contributed by atoms with Crippen LogP contribution in [0.2, 0.25) is 0 Å². The minimum atomic E-state index is -0.813. The molecular formula is C13H18O3S. The van der Waals surface area contributed by atoms with Crippen LogP contribution in [0.3, 0.4) is 0 Å². The average Bonchev–Trinajstić information content (AvgIpc) is 2.25. The van der Waals surface area contributed by atoms with E-state index in [-0.39, 0.29) is 6.42 Å². The number of thioether (sulfide) groups is 1. The van der Waals surface area contributed by atoms with E-state index in [4.69, 9.17) is 9.84 Å². The molecule has 0 heterocycles. The maximum Gasteiger partial charge on any atom is 0.307 e. The third-order valence-corrected chi connectivity index (χ3v) is 3.15. The largest absolute Gasteiger partial charge is 0.493 e. The predicted molar refractivity (Wildman–Crippen MR) is 70.9 cm³/mol. The smallest absolute Gasteiger partial charge is 0.307 e. The Morgan fingerprint density at radius 1 is 1.35 bits per heavy atom. The molecule has 0 aliphatic rings. The van der Waals surface area contributed by atoms with Gasteiger partial charge in [-0.15, -0.1) is 0 Å². The second kappa shape index (κ2) is 7.22. The molecule has 1 aromatic rings. The molecule has 0 saturated carbocycles. The molecule has 0 bridgehead atoms. The number of carboxylic acids is 1. The van der Waals surface area contributed by atoms with Crippen molar-refractivity contribution in [2.45, 2.75) is 25.5 Å². The second-order valence-electron chi connectivity index (χ2n) is 3.98. The van der Waals surface area contributed by atoms with Crippen LogP contribution in [-0.4, -0.2) is 28.7 Å². The van der Waals surface area contributed by atoms with Crippen molar-refractivity contribution < 1.29 is 14.6 Å². The van der Waals surface area contributed by atoms with E-state index < -0.39 is 5.97 Å². The molecule has 0 unspecified atom stereocenters. The molecule has 3 nitrogen and oxygen atoms in total. The first-order valence-electron chi connectivity index (χ1n) is 5.63. The number of carbonyl (C=O) groups is 1. The summed E-state index contributed by atoms with van der Waals surface area (Å²) in [5.41, 5.74) is 0.793. The molecule has 17 heavy (non-hydrogen) atoms. The molecule has 0 atom stereocenters. The van der Waals surface area contributed by atoms with Gasteiger partial charge in [0, 0.05) is 5.75 Å². The first-order valence-corrected chi connectivity index (χ1v) is 6.68. The zero-order chi connectivity index (χ0) is 12.7. The van der Waals surface area contributed by atoms with Gasteiger partial charge in [-0.3, -0.25) is 4.79 Å². The Hall–Kier alpha value is -1.16. The zero-order valence-electron chi connectivity index (χ0n) is 10.2. The lowest BCUT2D eigenvalue weighted by molar-refractivity contribution is -0.136. The van der Waals surface area contributed by atoms with Crippen molar-refractivity contribution in [2.24, 2.45) is 0 Å². The van der Waals surface area contributed by atoms with Crippen LogP contribution in [-0.2, 0) is 11.2 Å². The van der Waals surface area contributed by atoms with Crippen LogP contribution in [0.15, 0.2) is 24.3 Å². The van der Waals surface area contributed by atoms with Gasteiger partial charge in [0.1, 0.15) is 5.75 Å². The summed E-state index contributed by atoms with van der Waals surface area (Å²) in [6.07, 6.45) is 0.0590. The highest BCUT2D eigenvalue weighted by molar-refractivity contribution is 7.99. The van der Waals surface area contributed by atoms with Gasteiger partial charge in [0.2, 0.25) is 0 Å². The molecule has 0 radical (unpaired) electrons.